The Hall–Kier alpha value is -2.24. The Kier molecular flexibility index (Phi) is 6.59. The first-order chi connectivity index (χ1) is 14.3. The van der Waals surface area contributed by atoms with E-state index in [0.29, 0.717) is 16.5 Å². The van der Waals surface area contributed by atoms with Crippen LogP contribution in [-0.4, -0.2) is 10.2 Å². The number of ether oxygens (including phenoxy) is 1. The van der Waals surface area contributed by atoms with E-state index in [1.807, 2.05) is 0 Å². The van der Waals surface area contributed by atoms with Gasteiger partial charge in [-0.15, -0.1) is 0 Å². The number of hydrogen-bond acceptors (Lipinski definition) is 4. The number of thioether (sulfide) groups is 1. The average Bonchev–Trinajstić information content (AvgIpc) is 2.96. The highest BCUT2D eigenvalue weighted by Gasteiger charge is 2.38. The fourth-order valence-corrected chi connectivity index (χ4v) is 3.87. The molecule has 0 aromatic heterocycles. The maximum Gasteiger partial charge on any atom is 0.416 e. The van der Waals surface area contributed by atoms with Crippen LogP contribution in [0.5, 0.6) is 5.75 Å². The predicted octanol–water partition coefficient (Wildman–Crippen LogP) is 7.08. The van der Waals surface area contributed by atoms with Gasteiger partial charge in [0.2, 0.25) is 0 Å². The number of carbonyl (C=O) groups is 1. The van der Waals surface area contributed by atoms with Gasteiger partial charge < -0.3 is 10.1 Å². The number of carbonyl (C=O) groups excluding carboxylic acids is 1. The molecule has 0 unspecified atom stereocenters. The van der Waals surface area contributed by atoms with E-state index in [4.69, 9.17) is 28.6 Å². The second kappa shape index (κ2) is 8.71. The molecule has 0 aliphatic carbocycles. The minimum absolute atomic E-state index is 0.0349. The zero-order valence-electron chi connectivity index (χ0n) is 15.0. The van der Waals surface area contributed by atoms with Crippen LogP contribution in [0.2, 0.25) is 5.02 Å². The van der Waals surface area contributed by atoms with Gasteiger partial charge in [0.25, 0.3) is 5.24 Å². The standard InChI is InChI=1S/C19H10ClF6NO2S2/c20-13-5-9(6-15-16(30)27-17(28)31-15)1-4-14(13)29-8-10-2-3-11(18(21,22)23)7-12(10)19(24,25)26/h1-7H,8H2,(H,27,28,30). The summed E-state index contributed by atoms with van der Waals surface area (Å²) in [5, 5.41) is 2.19. The zero-order chi connectivity index (χ0) is 23.0. The van der Waals surface area contributed by atoms with Gasteiger partial charge in [0.1, 0.15) is 17.3 Å². The molecule has 2 aromatic rings. The van der Waals surface area contributed by atoms with Crippen molar-refractivity contribution >= 4 is 51.9 Å². The summed E-state index contributed by atoms with van der Waals surface area (Å²) in [7, 11) is 0. The van der Waals surface area contributed by atoms with E-state index in [9.17, 15) is 31.1 Å². The summed E-state index contributed by atoms with van der Waals surface area (Å²) in [4.78, 5) is 12.1. The first-order valence-corrected chi connectivity index (χ1v) is 9.89. The normalized spacial score (nSPS) is 16.0. The molecule has 2 aromatic carbocycles. The van der Waals surface area contributed by atoms with E-state index in [0.717, 1.165) is 17.8 Å². The fourth-order valence-electron chi connectivity index (χ4n) is 2.59. The van der Waals surface area contributed by atoms with Crippen molar-refractivity contribution in [3.63, 3.8) is 0 Å². The number of hydrogen-bond donors (Lipinski definition) is 1. The molecule has 1 aliphatic rings. The summed E-state index contributed by atoms with van der Waals surface area (Å²) < 4.78 is 83.3. The van der Waals surface area contributed by atoms with Gasteiger partial charge in [-0.05, 0) is 47.7 Å². The minimum atomic E-state index is -5.00. The molecule has 1 saturated heterocycles. The Morgan fingerprint density at radius 1 is 1.06 bits per heavy atom. The number of halogens is 7. The van der Waals surface area contributed by atoms with Crippen molar-refractivity contribution in [2.24, 2.45) is 0 Å². The Labute approximate surface area is 186 Å². The second-order valence-corrected chi connectivity index (χ2v) is 8.03. The lowest BCUT2D eigenvalue weighted by Gasteiger charge is -2.17. The number of alkyl halides is 6. The summed E-state index contributed by atoms with van der Waals surface area (Å²) >= 11 is 12.0. The van der Waals surface area contributed by atoms with Crippen LogP contribution >= 0.6 is 35.6 Å². The summed E-state index contributed by atoms with van der Waals surface area (Å²) in [6, 6.07) is 5.71. The lowest BCUT2D eigenvalue weighted by atomic mass is 10.0. The van der Waals surface area contributed by atoms with Gasteiger partial charge in [-0.1, -0.05) is 36.0 Å². The van der Waals surface area contributed by atoms with Crippen molar-refractivity contribution in [3.8, 4) is 5.75 Å². The monoisotopic (exact) mass is 497 g/mol. The molecule has 0 spiro atoms. The Morgan fingerprint density at radius 3 is 2.32 bits per heavy atom. The van der Waals surface area contributed by atoms with Crippen molar-refractivity contribution in [3.05, 3.63) is 68.6 Å². The Balaban J connectivity index is 1.81. The molecular formula is C19H10ClF6NO2S2. The number of thiocarbonyl (C=S) groups is 1. The van der Waals surface area contributed by atoms with Crippen molar-refractivity contribution in [1.82, 2.24) is 5.32 Å². The maximum atomic E-state index is 13.2. The zero-order valence-corrected chi connectivity index (χ0v) is 17.4. The average molecular weight is 498 g/mol. The van der Waals surface area contributed by atoms with Crippen LogP contribution in [0.4, 0.5) is 31.1 Å². The Morgan fingerprint density at radius 2 is 1.77 bits per heavy atom. The molecule has 1 fully saturated rings. The summed E-state index contributed by atoms with van der Waals surface area (Å²) in [6.07, 6.45) is -8.31. The molecule has 1 N–H and O–H groups in total. The third kappa shape index (κ3) is 5.72. The molecule has 3 nitrogen and oxygen atoms in total. The van der Waals surface area contributed by atoms with E-state index in [1.54, 1.807) is 6.08 Å². The molecule has 1 heterocycles. The van der Waals surface area contributed by atoms with Crippen molar-refractivity contribution in [2.45, 2.75) is 19.0 Å². The van der Waals surface area contributed by atoms with Crippen LogP contribution in [0, 0.1) is 0 Å². The van der Waals surface area contributed by atoms with Gasteiger partial charge in [0.15, 0.2) is 0 Å². The van der Waals surface area contributed by atoms with Gasteiger partial charge in [-0.25, -0.2) is 0 Å². The van der Waals surface area contributed by atoms with Crippen LogP contribution in [-0.2, 0) is 19.0 Å². The highest BCUT2D eigenvalue weighted by Crippen LogP contribution is 2.38. The van der Waals surface area contributed by atoms with Gasteiger partial charge in [-0.3, -0.25) is 4.79 Å². The third-order valence-corrected chi connectivity index (χ3v) is 5.60. The van der Waals surface area contributed by atoms with E-state index in [1.165, 1.54) is 18.2 Å². The Bertz CT molecular complexity index is 1080. The van der Waals surface area contributed by atoms with Crippen LogP contribution in [0.3, 0.4) is 0 Å². The molecule has 1 amide bonds. The largest absolute Gasteiger partial charge is 0.487 e. The molecule has 1 aliphatic heterocycles. The SMILES string of the molecule is O=C1NC(=S)C(=Cc2ccc(OCc3ccc(C(F)(F)F)cc3C(F)(F)F)c(Cl)c2)S1. The molecule has 12 heteroatoms. The van der Waals surface area contributed by atoms with E-state index in [2.05, 4.69) is 5.32 Å². The van der Waals surface area contributed by atoms with E-state index in [-0.39, 0.29) is 27.1 Å². The molecular weight excluding hydrogens is 488 g/mol. The summed E-state index contributed by atoms with van der Waals surface area (Å²) in [5.41, 5.74) is -2.76. The summed E-state index contributed by atoms with van der Waals surface area (Å²) in [6.45, 7) is -0.647. The number of benzene rings is 2. The van der Waals surface area contributed by atoms with Crippen molar-refractivity contribution in [1.29, 1.82) is 0 Å². The smallest absolute Gasteiger partial charge is 0.416 e. The number of nitrogens with one attached hydrogen (secondary N) is 1. The third-order valence-electron chi connectivity index (χ3n) is 4.02. The van der Waals surface area contributed by atoms with Crippen molar-refractivity contribution in [2.75, 3.05) is 0 Å². The molecule has 164 valence electrons. The maximum absolute atomic E-state index is 13.2. The van der Waals surface area contributed by atoms with Gasteiger partial charge in [-0.2, -0.15) is 26.3 Å². The van der Waals surface area contributed by atoms with Crippen LogP contribution in [0.25, 0.3) is 6.08 Å². The summed E-state index contributed by atoms with van der Waals surface area (Å²) in [5.74, 6) is 0.0349. The van der Waals surface area contributed by atoms with E-state index >= 15 is 0 Å². The van der Waals surface area contributed by atoms with Crippen LogP contribution < -0.4 is 10.1 Å². The highest BCUT2D eigenvalue weighted by molar-refractivity contribution is 8.19. The van der Waals surface area contributed by atoms with E-state index < -0.39 is 35.6 Å². The van der Waals surface area contributed by atoms with Crippen molar-refractivity contribution < 1.29 is 35.9 Å². The molecule has 3 rings (SSSR count). The lowest BCUT2D eigenvalue weighted by molar-refractivity contribution is -0.143. The van der Waals surface area contributed by atoms with Crippen LogP contribution in [0.1, 0.15) is 22.3 Å². The van der Waals surface area contributed by atoms with Gasteiger partial charge >= 0.3 is 12.4 Å². The minimum Gasteiger partial charge on any atom is -0.487 e. The van der Waals surface area contributed by atoms with Gasteiger partial charge in [0, 0.05) is 5.56 Å². The molecule has 0 saturated carbocycles. The van der Waals surface area contributed by atoms with Crippen LogP contribution in [0.15, 0.2) is 41.3 Å². The fraction of sp³-hybridized carbons (Fsp3) is 0.158. The second-order valence-electron chi connectivity index (χ2n) is 6.20. The number of amides is 1. The predicted molar refractivity (Wildman–Crippen MR) is 109 cm³/mol. The highest BCUT2D eigenvalue weighted by atomic mass is 35.5. The lowest BCUT2D eigenvalue weighted by Crippen LogP contribution is -2.15. The molecule has 31 heavy (non-hydrogen) atoms. The molecule has 0 radical (unpaired) electrons. The molecule has 0 bridgehead atoms. The molecule has 0 atom stereocenters. The number of rotatable bonds is 4. The topological polar surface area (TPSA) is 38.3 Å². The first-order valence-electron chi connectivity index (χ1n) is 8.29. The quantitative estimate of drug-likeness (QED) is 0.278. The first kappa shape index (κ1) is 23.4. The van der Waals surface area contributed by atoms with Gasteiger partial charge in [0.05, 0.1) is 21.1 Å².